The summed E-state index contributed by atoms with van der Waals surface area (Å²) in [5.41, 5.74) is 12.7. The number of rotatable bonds is 23. The normalized spacial score (nSPS) is 23.8. The largest absolute Gasteiger partial charge is 0.418 e. The summed E-state index contributed by atoms with van der Waals surface area (Å²) in [5, 5.41) is 43.8. The van der Waals surface area contributed by atoms with Crippen molar-refractivity contribution in [2.24, 2.45) is 0 Å². The van der Waals surface area contributed by atoms with Gasteiger partial charge in [-0.15, -0.1) is 46.9 Å². The van der Waals surface area contributed by atoms with Gasteiger partial charge in [-0.1, -0.05) is 38.2 Å². The lowest BCUT2D eigenvalue weighted by molar-refractivity contribution is -0.0318. The van der Waals surface area contributed by atoms with Crippen LogP contribution in [0.2, 0.25) is 0 Å². The van der Waals surface area contributed by atoms with E-state index in [-0.39, 0.29) is 42.3 Å². The lowest BCUT2D eigenvalue weighted by atomic mass is 10.0. The van der Waals surface area contributed by atoms with E-state index in [0.717, 1.165) is 59.1 Å². The number of urea groups is 5. The number of hydrogen-bond acceptors (Lipinski definition) is 33. The van der Waals surface area contributed by atoms with Gasteiger partial charge in [0.05, 0.1) is 135 Å². The van der Waals surface area contributed by atoms with Crippen LogP contribution in [0, 0.1) is 13.8 Å². The number of nitrogens with two attached hydrogens (primary N) is 1. The Balaban J connectivity index is 0.000000124. The second-order valence-corrected chi connectivity index (χ2v) is 34.5. The van der Waals surface area contributed by atoms with E-state index in [0.29, 0.717) is 147 Å². The fraction of sp³-hybridized carbons (Fsp3) is 0.508. The first kappa shape index (κ1) is 86.1. The lowest BCUT2D eigenvalue weighted by Gasteiger charge is -2.30. The molecule has 0 radical (unpaired) electrons. The van der Waals surface area contributed by atoms with Gasteiger partial charge in [-0.2, -0.15) is 67.4 Å². The van der Waals surface area contributed by atoms with E-state index in [4.69, 9.17) is 28.5 Å². The first-order valence-electron chi connectivity index (χ1n) is 37.2. The minimum absolute atomic E-state index is 0.107. The predicted octanol–water partition coefficient (Wildman–Crippen LogP) is 0.396. The highest BCUT2D eigenvalue weighted by atomic mass is 32.3. The van der Waals surface area contributed by atoms with E-state index < -0.39 is 100 Å². The molecule has 0 spiro atoms. The molecule has 7 N–H and O–H groups in total. The van der Waals surface area contributed by atoms with Gasteiger partial charge in [0.2, 0.25) is 0 Å². The number of nitrogens with zero attached hydrogens (tertiary/aromatic N) is 27. The van der Waals surface area contributed by atoms with E-state index in [1.165, 1.54) is 19.6 Å². The van der Waals surface area contributed by atoms with Crippen LogP contribution in [0.3, 0.4) is 0 Å². The molecular formula is C63H80N28O25S5. The van der Waals surface area contributed by atoms with Gasteiger partial charge in [0.15, 0.2) is 0 Å². The molecule has 53 nitrogen and oxygen atoms in total. The van der Waals surface area contributed by atoms with Crippen molar-refractivity contribution in [3.8, 4) is 33.8 Å². The van der Waals surface area contributed by atoms with Crippen molar-refractivity contribution in [2.75, 3.05) is 38.5 Å². The van der Waals surface area contributed by atoms with Crippen molar-refractivity contribution in [1.29, 1.82) is 0 Å². The summed E-state index contributed by atoms with van der Waals surface area (Å²) < 4.78 is 183. The number of piperidine rings is 5. The van der Waals surface area contributed by atoms with Crippen LogP contribution in [-0.2, 0) is 106 Å². The first-order valence-corrected chi connectivity index (χ1v) is 44.1. The predicted molar refractivity (Wildman–Crippen MR) is 403 cm³/mol. The number of nitrogen functional groups attached to an aromatic ring is 1. The molecule has 10 aliphatic heterocycles. The van der Waals surface area contributed by atoms with Crippen LogP contribution in [0.4, 0.5) is 29.7 Å². The van der Waals surface area contributed by atoms with Crippen molar-refractivity contribution in [2.45, 2.75) is 171 Å². The molecule has 10 amide bonds. The Hall–Kier alpha value is -11.3. The summed E-state index contributed by atoms with van der Waals surface area (Å²) in [6.07, 6.45) is 21.5. The third-order valence-corrected chi connectivity index (χ3v) is 23.1. The van der Waals surface area contributed by atoms with Crippen LogP contribution in [-0.4, -0.2) is 323 Å². The molecule has 58 heteroatoms. The zero-order valence-corrected chi connectivity index (χ0v) is 67.9. The van der Waals surface area contributed by atoms with Crippen molar-refractivity contribution in [3.05, 3.63) is 116 Å². The van der Waals surface area contributed by atoms with Crippen molar-refractivity contribution in [1.82, 2.24) is 135 Å². The number of benzene rings is 1. The molecule has 10 saturated heterocycles. The number of carbonyl (C=O) groups excluding carboxylic acids is 5. The number of hydrogen-bond donors (Lipinski definition) is 6. The summed E-state index contributed by atoms with van der Waals surface area (Å²) in [6.45, 7) is 7.64. The fourth-order valence-corrected chi connectivity index (χ4v) is 17.8. The number of pyridine rings is 2. The van der Waals surface area contributed by atoms with E-state index in [2.05, 4.69) is 82.9 Å². The highest BCUT2D eigenvalue weighted by Crippen LogP contribution is 2.38. The molecule has 18 rings (SSSR count). The molecule has 0 saturated carbocycles. The number of amides is 10. The number of anilines is 1. The van der Waals surface area contributed by atoms with E-state index in [1.807, 2.05) is 50.2 Å². The van der Waals surface area contributed by atoms with Gasteiger partial charge in [-0.25, -0.2) is 42.7 Å². The Bertz CT molecular complexity index is 5700. The van der Waals surface area contributed by atoms with Crippen LogP contribution < -0.4 is 5.73 Å². The number of carbonyl (C=O) groups is 5. The molecule has 10 aliphatic rings. The minimum atomic E-state index is -4.75. The van der Waals surface area contributed by atoms with Gasteiger partial charge in [0.1, 0.15) is 11.4 Å². The number of aryl methyl sites for hydroxylation is 2. The summed E-state index contributed by atoms with van der Waals surface area (Å²) in [5.74, 6) is 0. The lowest BCUT2D eigenvalue weighted by Crippen LogP contribution is -2.42. The fourth-order valence-electron chi connectivity index (χ4n) is 15.9. The zero-order valence-electron chi connectivity index (χ0n) is 63.8. The number of hydroxylamine groups is 10. The molecule has 8 aromatic rings. The van der Waals surface area contributed by atoms with Gasteiger partial charge in [0.25, 0.3) is 0 Å². The maximum absolute atomic E-state index is 12.5. The van der Waals surface area contributed by atoms with E-state index >= 15 is 0 Å². The van der Waals surface area contributed by atoms with Gasteiger partial charge < -0.3 is 30.2 Å². The molecular weight excluding hydrogens is 1710 g/mol. The van der Waals surface area contributed by atoms with Gasteiger partial charge >= 0.3 is 82.2 Å². The van der Waals surface area contributed by atoms with Gasteiger partial charge in [-0.05, 0) is 114 Å². The molecule has 17 heterocycles. The zero-order chi connectivity index (χ0) is 86.2. The standard InChI is InChI=1S/C15H18N6O5S.2C14H16N6O5S.2C10H15N5O5S/c16-11-3-1-10(2-4-11)14-9-19(18-17-14)7-12-5-6-13-8-20(12)15(22)21(13)26-27(23,24)25;21-14-18-8-12(20(14)25-26(22,23)24)4-3-11(18)9-19-13(7-16-17-19)10-2-1-5-15-6-10;21-14-19-8-12(20(14)25-26(22,23)24)4-3-11(19)7-18-9-13(16-17-18)10-2-1-5-15-6-10;1-7-4-11-12-14(7)6-8-2-3-9-5-13(8)10(16)15(9)20-21(17,18)19;1-7-4-13(12-11-7)5-8-2-3-9-6-14(8)10(16)15(9)20-21(17,18)19/h1-4,9,12-13H,5-8,16H2,(H,23,24,25);1-2,5-7,11-12H,3-4,8-9H2,(H,22,23,24);1-2,5-6,9,11-12H,3-4,7-8H2,(H,22,23,24);2*4,8-9H,2-3,5-6H2,1H3,(H,17,18,19). The van der Waals surface area contributed by atoms with Crippen molar-refractivity contribution >= 4 is 87.8 Å². The average Bonchev–Trinajstić information content (AvgIpc) is 1.65. The minimum Gasteiger partial charge on any atom is -0.399 e. The highest BCUT2D eigenvalue weighted by molar-refractivity contribution is 7.81. The third kappa shape index (κ3) is 20.8. The first-order chi connectivity index (χ1) is 57.3. The second kappa shape index (κ2) is 35.0. The quantitative estimate of drug-likeness (QED) is 0.0373. The number of fused-ring (bicyclic) bond motifs is 10. The number of aromatic nitrogens is 17. The molecule has 10 bridgehead atoms. The summed E-state index contributed by atoms with van der Waals surface area (Å²) in [4.78, 5) is 77.4. The Morgan fingerprint density at radius 3 is 1.02 bits per heavy atom. The molecule has 121 heavy (non-hydrogen) atoms. The van der Waals surface area contributed by atoms with Gasteiger partial charge in [-0.3, -0.25) is 37.4 Å². The Labute approximate surface area is 688 Å². The SMILES string of the molecule is Cc1cn(CC2CCC3CN2C(=O)N3OS(=O)(=O)O)nn1.Cc1cnnn1CC1CCC2CN1C(=O)N2OS(=O)(=O)O.Nc1ccc(-c2cn(CC3CCC4CN3C(=O)N4OS(=O)(=O)O)nn2)cc1.O=C1N2CC(CCC2Cn2cc(-c3cccnc3)nn2)N1OS(=O)(=O)O.O=C1N2CC(CCC2Cn2nncc2-c2cccnc2)N1OS(=O)(=O)O. The maximum Gasteiger partial charge on any atom is 0.418 e. The summed E-state index contributed by atoms with van der Waals surface area (Å²) >= 11 is 0. The Morgan fingerprint density at radius 2 is 0.694 bits per heavy atom. The third-order valence-electron chi connectivity index (χ3n) is 21.3. The molecule has 10 atom stereocenters. The van der Waals surface area contributed by atoms with Crippen LogP contribution in [0.5, 0.6) is 0 Å². The monoisotopic (exact) mass is 1790 g/mol. The summed E-state index contributed by atoms with van der Waals surface area (Å²) in [6, 6.07) is 9.08. The smallest absolute Gasteiger partial charge is 0.399 e. The van der Waals surface area contributed by atoms with E-state index in [9.17, 15) is 66.1 Å². The van der Waals surface area contributed by atoms with Gasteiger partial charge in [0, 0.05) is 86.1 Å². The highest BCUT2D eigenvalue weighted by Gasteiger charge is 2.53. The molecule has 0 aliphatic carbocycles. The maximum atomic E-state index is 12.5. The topological polar surface area (TPSA) is 641 Å². The van der Waals surface area contributed by atoms with Crippen molar-refractivity contribution in [3.63, 3.8) is 0 Å². The van der Waals surface area contributed by atoms with Crippen molar-refractivity contribution < 1.29 is 110 Å². The van der Waals surface area contributed by atoms with Crippen LogP contribution in [0.15, 0.2) is 104 Å². The van der Waals surface area contributed by atoms with Crippen LogP contribution >= 0.6 is 0 Å². The van der Waals surface area contributed by atoms with E-state index in [1.54, 1.807) is 96.2 Å². The average molecular weight is 1790 g/mol. The second-order valence-electron chi connectivity index (χ2n) is 29.4. The van der Waals surface area contributed by atoms with Crippen LogP contribution in [0.25, 0.3) is 33.8 Å². The molecule has 652 valence electrons. The molecule has 10 unspecified atom stereocenters. The van der Waals surface area contributed by atoms with Crippen LogP contribution in [0.1, 0.15) is 75.6 Å². The molecule has 7 aromatic heterocycles. The Kier molecular flexibility index (Phi) is 24.9. The molecule has 10 fully saturated rings. The summed E-state index contributed by atoms with van der Waals surface area (Å²) in [7, 11) is -23.6. The molecule has 1 aromatic carbocycles. The Morgan fingerprint density at radius 1 is 0.372 bits per heavy atom.